The van der Waals surface area contributed by atoms with Crippen molar-refractivity contribution in [2.24, 2.45) is 0 Å². The van der Waals surface area contributed by atoms with Crippen molar-refractivity contribution in [1.82, 2.24) is 9.80 Å². The molecule has 3 aromatic carbocycles. The van der Waals surface area contributed by atoms with E-state index in [-0.39, 0.29) is 5.91 Å². The minimum Gasteiger partial charge on any atom is -0.496 e. The zero-order valence-corrected chi connectivity index (χ0v) is 22.2. The first-order chi connectivity index (χ1) is 18.5. The molecule has 39 heavy (non-hydrogen) atoms. The van der Waals surface area contributed by atoms with Gasteiger partial charge in [-0.1, -0.05) is 35.9 Å². The third-order valence-electron chi connectivity index (χ3n) is 6.05. The summed E-state index contributed by atoms with van der Waals surface area (Å²) in [6.45, 7) is 5.12. The van der Waals surface area contributed by atoms with E-state index in [1.54, 1.807) is 31.4 Å². The minimum atomic E-state index is -5.08. The predicted octanol–water partition coefficient (Wildman–Crippen LogP) is 5.65. The molecule has 2 N–H and O–H groups in total. The van der Waals surface area contributed by atoms with Gasteiger partial charge in [0.25, 0.3) is 5.91 Å². The molecule has 1 fully saturated rings. The highest BCUT2D eigenvalue weighted by Crippen LogP contribution is 2.29. The van der Waals surface area contributed by atoms with Crippen LogP contribution < -0.4 is 10.1 Å². The minimum absolute atomic E-state index is 0.185. The number of methoxy groups -OCH3 is 1. The Morgan fingerprint density at radius 3 is 2.23 bits per heavy atom. The monoisotopic (exact) mass is 563 g/mol. The number of ether oxygens (including phenoxy) is 1. The number of piperazine rings is 1. The number of rotatable bonds is 6. The molecule has 0 spiro atoms. The smallest absolute Gasteiger partial charge is 0.490 e. The summed E-state index contributed by atoms with van der Waals surface area (Å²) in [6.07, 6.45) is -5.08. The third kappa shape index (κ3) is 8.98. The highest BCUT2D eigenvalue weighted by molar-refractivity contribution is 6.31. The largest absolute Gasteiger partial charge is 0.496 e. The molecule has 0 bridgehead atoms. The number of hydrogen-bond donors (Lipinski definition) is 2. The molecular formula is C28H29ClF3N3O4. The number of likely N-dealkylation sites (N-methyl/N-ethyl adjacent to an activating group) is 1. The van der Waals surface area contributed by atoms with Crippen LogP contribution in [-0.2, 0) is 11.3 Å². The average Bonchev–Trinajstić information content (AvgIpc) is 2.90. The SMILES string of the molecule is COc1ccc(-c2cccc(NC(=O)c3cccc(Cl)c3)c2)cc1CN1CCN(C)CC1.O=C(O)C(F)(F)F. The Kier molecular flexibility index (Phi) is 10.3. The number of alkyl halides is 3. The molecule has 0 unspecified atom stereocenters. The Labute approximate surface area is 229 Å². The molecule has 0 atom stereocenters. The van der Waals surface area contributed by atoms with Crippen LogP contribution in [0.4, 0.5) is 18.9 Å². The second-order valence-corrected chi connectivity index (χ2v) is 9.39. The van der Waals surface area contributed by atoms with E-state index < -0.39 is 12.1 Å². The van der Waals surface area contributed by atoms with Crippen LogP contribution in [0.15, 0.2) is 66.7 Å². The lowest BCUT2D eigenvalue weighted by molar-refractivity contribution is -0.192. The molecule has 3 aromatic rings. The number of benzene rings is 3. The number of hydrogen-bond acceptors (Lipinski definition) is 5. The van der Waals surface area contributed by atoms with E-state index in [0.29, 0.717) is 10.6 Å². The zero-order valence-electron chi connectivity index (χ0n) is 21.5. The molecular weight excluding hydrogens is 535 g/mol. The zero-order chi connectivity index (χ0) is 28.6. The van der Waals surface area contributed by atoms with Crippen LogP contribution >= 0.6 is 11.6 Å². The van der Waals surface area contributed by atoms with Crippen LogP contribution in [0.5, 0.6) is 5.75 Å². The first-order valence-corrected chi connectivity index (χ1v) is 12.4. The van der Waals surface area contributed by atoms with Crippen molar-refractivity contribution in [3.63, 3.8) is 0 Å². The van der Waals surface area contributed by atoms with Gasteiger partial charge >= 0.3 is 12.1 Å². The van der Waals surface area contributed by atoms with Gasteiger partial charge in [-0.2, -0.15) is 13.2 Å². The molecule has 11 heteroatoms. The number of carboxylic acids is 1. The van der Waals surface area contributed by atoms with E-state index in [4.69, 9.17) is 26.2 Å². The lowest BCUT2D eigenvalue weighted by Crippen LogP contribution is -2.43. The maximum absolute atomic E-state index is 12.6. The quantitative estimate of drug-likeness (QED) is 0.403. The first kappa shape index (κ1) is 29.9. The average molecular weight is 564 g/mol. The predicted molar refractivity (Wildman–Crippen MR) is 144 cm³/mol. The molecule has 1 aliphatic heterocycles. The molecule has 0 radical (unpaired) electrons. The Morgan fingerprint density at radius 1 is 0.974 bits per heavy atom. The summed E-state index contributed by atoms with van der Waals surface area (Å²) in [7, 11) is 3.88. The van der Waals surface area contributed by atoms with Gasteiger partial charge in [0.2, 0.25) is 0 Å². The van der Waals surface area contributed by atoms with Crippen molar-refractivity contribution in [1.29, 1.82) is 0 Å². The van der Waals surface area contributed by atoms with E-state index in [1.165, 1.54) is 5.56 Å². The molecule has 0 aromatic heterocycles. The maximum Gasteiger partial charge on any atom is 0.490 e. The number of carbonyl (C=O) groups is 2. The maximum atomic E-state index is 12.6. The molecule has 1 aliphatic rings. The number of nitrogens with one attached hydrogen (secondary N) is 1. The fourth-order valence-electron chi connectivity index (χ4n) is 3.94. The van der Waals surface area contributed by atoms with Gasteiger partial charge in [-0.3, -0.25) is 9.69 Å². The molecule has 1 saturated heterocycles. The van der Waals surface area contributed by atoms with Crippen molar-refractivity contribution >= 4 is 29.2 Å². The number of carboxylic acid groups (broad SMARTS) is 1. The van der Waals surface area contributed by atoms with Crippen LogP contribution in [0.25, 0.3) is 11.1 Å². The van der Waals surface area contributed by atoms with Gasteiger partial charge in [-0.25, -0.2) is 4.79 Å². The van der Waals surface area contributed by atoms with E-state index in [0.717, 1.165) is 55.3 Å². The third-order valence-corrected chi connectivity index (χ3v) is 6.29. The number of carbonyl (C=O) groups excluding carboxylic acids is 1. The molecule has 1 heterocycles. The summed E-state index contributed by atoms with van der Waals surface area (Å²) >= 11 is 6.02. The summed E-state index contributed by atoms with van der Waals surface area (Å²) < 4.78 is 37.4. The van der Waals surface area contributed by atoms with Gasteiger partial charge in [0.05, 0.1) is 7.11 Å². The number of aliphatic carboxylic acids is 1. The van der Waals surface area contributed by atoms with Crippen molar-refractivity contribution in [3.8, 4) is 16.9 Å². The highest BCUT2D eigenvalue weighted by atomic mass is 35.5. The molecule has 7 nitrogen and oxygen atoms in total. The Balaban J connectivity index is 0.000000532. The van der Waals surface area contributed by atoms with Gasteiger partial charge < -0.3 is 20.1 Å². The van der Waals surface area contributed by atoms with Gasteiger partial charge in [-0.15, -0.1) is 0 Å². The molecule has 1 amide bonds. The fourth-order valence-corrected chi connectivity index (χ4v) is 4.13. The van der Waals surface area contributed by atoms with Gasteiger partial charge in [0, 0.05) is 54.6 Å². The highest BCUT2D eigenvalue weighted by Gasteiger charge is 2.38. The number of amides is 1. The summed E-state index contributed by atoms with van der Waals surface area (Å²) in [5.41, 5.74) is 4.57. The summed E-state index contributed by atoms with van der Waals surface area (Å²) in [6, 6.07) is 21.1. The lowest BCUT2D eigenvalue weighted by atomic mass is 10.0. The van der Waals surface area contributed by atoms with E-state index in [1.807, 2.05) is 24.3 Å². The van der Waals surface area contributed by atoms with Crippen LogP contribution in [-0.4, -0.2) is 73.3 Å². The molecule has 0 aliphatic carbocycles. The number of nitrogens with zero attached hydrogens (tertiary/aromatic N) is 2. The van der Waals surface area contributed by atoms with E-state index in [2.05, 4.69) is 40.4 Å². The summed E-state index contributed by atoms with van der Waals surface area (Å²) in [5.74, 6) is -2.04. The van der Waals surface area contributed by atoms with Crippen molar-refractivity contribution < 1.29 is 32.6 Å². The normalized spacial score (nSPS) is 14.2. The van der Waals surface area contributed by atoms with Crippen molar-refractivity contribution in [2.75, 3.05) is 45.7 Å². The Hall–Kier alpha value is -3.60. The summed E-state index contributed by atoms with van der Waals surface area (Å²) in [4.78, 5) is 26.3. The van der Waals surface area contributed by atoms with Crippen LogP contribution in [0.3, 0.4) is 0 Å². The summed E-state index contributed by atoms with van der Waals surface area (Å²) in [5, 5.41) is 10.6. The molecule has 4 rings (SSSR count). The van der Waals surface area contributed by atoms with Crippen molar-refractivity contribution in [2.45, 2.75) is 12.7 Å². The number of halogens is 4. The van der Waals surface area contributed by atoms with E-state index >= 15 is 0 Å². The van der Waals surface area contributed by atoms with Gasteiger partial charge in [0.1, 0.15) is 5.75 Å². The fraction of sp³-hybridized carbons (Fsp3) is 0.286. The topological polar surface area (TPSA) is 82.1 Å². The second kappa shape index (κ2) is 13.5. The lowest BCUT2D eigenvalue weighted by Gasteiger charge is -2.32. The van der Waals surface area contributed by atoms with Gasteiger partial charge in [-0.05, 0) is 60.6 Å². The Bertz CT molecular complexity index is 1300. The van der Waals surface area contributed by atoms with Gasteiger partial charge in [0.15, 0.2) is 0 Å². The van der Waals surface area contributed by atoms with Crippen molar-refractivity contribution in [3.05, 3.63) is 82.9 Å². The molecule has 208 valence electrons. The number of anilines is 1. The molecule has 0 saturated carbocycles. The second-order valence-electron chi connectivity index (χ2n) is 8.95. The van der Waals surface area contributed by atoms with Crippen LogP contribution in [0.2, 0.25) is 5.02 Å². The van der Waals surface area contributed by atoms with Crippen LogP contribution in [0, 0.1) is 0 Å². The Morgan fingerprint density at radius 2 is 1.62 bits per heavy atom. The van der Waals surface area contributed by atoms with E-state index in [9.17, 15) is 18.0 Å². The standard InChI is InChI=1S/C26H28ClN3O2.C2HF3O2/c1-29-11-13-30(14-12-29)18-22-15-20(9-10-25(22)32-2)19-5-4-8-24(17-19)28-26(31)21-6-3-7-23(27)16-21;3-2(4,5)1(6)7/h3-10,15-17H,11-14,18H2,1-2H3,(H,28,31);(H,6,7). The first-order valence-electron chi connectivity index (χ1n) is 12.0. The van der Waals surface area contributed by atoms with Crippen LogP contribution in [0.1, 0.15) is 15.9 Å².